The lowest BCUT2D eigenvalue weighted by Gasteiger charge is -2.02. The Kier molecular flexibility index (Phi) is 3.55. The second kappa shape index (κ2) is 4.48. The molecule has 1 aromatic rings. The molecule has 0 N–H and O–H groups in total. The Bertz CT molecular complexity index is 278. The van der Waals surface area contributed by atoms with Crippen molar-refractivity contribution < 1.29 is 17.7 Å². The number of hydrogen-bond acceptors (Lipinski definition) is 0. The molecular formula is C9H14F3N2+. The Morgan fingerprint density at radius 1 is 1.36 bits per heavy atom. The predicted octanol–water partition coefficient (Wildman–Crippen LogP) is 2.14. The van der Waals surface area contributed by atoms with Gasteiger partial charge in [0.15, 0.2) is 0 Å². The third-order valence-corrected chi connectivity index (χ3v) is 1.88. The molecule has 80 valence electrons. The average Bonchev–Trinajstić information content (AvgIpc) is 2.49. The molecule has 0 unspecified atom stereocenters. The van der Waals surface area contributed by atoms with Gasteiger partial charge in [-0.1, -0.05) is 6.92 Å². The first-order valence-electron chi connectivity index (χ1n) is 4.63. The summed E-state index contributed by atoms with van der Waals surface area (Å²) in [6, 6.07) is 0. The van der Waals surface area contributed by atoms with Crippen molar-refractivity contribution in [3.8, 4) is 0 Å². The molecule has 14 heavy (non-hydrogen) atoms. The second-order valence-electron chi connectivity index (χ2n) is 3.25. The van der Waals surface area contributed by atoms with Gasteiger partial charge >= 0.3 is 6.18 Å². The molecule has 0 amide bonds. The molecule has 0 fully saturated rings. The van der Waals surface area contributed by atoms with Crippen LogP contribution < -0.4 is 4.57 Å². The molecule has 5 heteroatoms. The highest BCUT2D eigenvalue weighted by Crippen LogP contribution is 2.19. The Labute approximate surface area is 81.0 Å². The van der Waals surface area contributed by atoms with Gasteiger partial charge in [0.1, 0.15) is 12.4 Å². The summed E-state index contributed by atoms with van der Waals surface area (Å²) in [6.45, 7) is 2.87. The van der Waals surface area contributed by atoms with Gasteiger partial charge in [-0.3, -0.25) is 0 Å². The second-order valence-corrected chi connectivity index (χ2v) is 3.25. The monoisotopic (exact) mass is 207 g/mol. The molecule has 1 rings (SSSR count). The number of halogens is 3. The van der Waals surface area contributed by atoms with E-state index in [9.17, 15) is 13.2 Å². The van der Waals surface area contributed by atoms with Crippen molar-refractivity contribution in [2.24, 2.45) is 0 Å². The summed E-state index contributed by atoms with van der Waals surface area (Å²) >= 11 is 0. The van der Waals surface area contributed by atoms with Crippen LogP contribution in [0.3, 0.4) is 0 Å². The zero-order chi connectivity index (χ0) is 10.6. The van der Waals surface area contributed by atoms with Crippen LogP contribution in [0.4, 0.5) is 13.2 Å². The van der Waals surface area contributed by atoms with Crippen LogP contribution in [0.25, 0.3) is 0 Å². The van der Waals surface area contributed by atoms with Crippen molar-refractivity contribution in [2.45, 2.75) is 39.0 Å². The van der Waals surface area contributed by atoms with E-state index in [0.29, 0.717) is 0 Å². The molecule has 0 aliphatic carbocycles. The van der Waals surface area contributed by atoms with E-state index in [0.717, 1.165) is 13.0 Å². The van der Waals surface area contributed by atoms with E-state index in [-0.39, 0.29) is 6.54 Å². The lowest BCUT2D eigenvalue weighted by molar-refractivity contribution is -0.696. The minimum Gasteiger partial charge on any atom is -0.237 e. The van der Waals surface area contributed by atoms with Crippen LogP contribution in [-0.2, 0) is 13.1 Å². The first-order valence-corrected chi connectivity index (χ1v) is 4.63. The van der Waals surface area contributed by atoms with E-state index in [1.807, 2.05) is 11.5 Å². The lowest BCUT2D eigenvalue weighted by Crippen LogP contribution is -2.30. The maximum Gasteiger partial charge on any atom is 0.392 e. The van der Waals surface area contributed by atoms with Crippen molar-refractivity contribution >= 4 is 0 Å². The van der Waals surface area contributed by atoms with Crippen LogP contribution >= 0.6 is 0 Å². The zero-order valence-electron chi connectivity index (χ0n) is 8.09. The maximum atomic E-state index is 11.9. The number of alkyl halides is 3. The minimum absolute atomic E-state index is 0.000213. The Morgan fingerprint density at radius 3 is 2.64 bits per heavy atom. The van der Waals surface area contributed by atoms with Crippen LogP contribution in [0.5, 0.6) is 0 Å². The third kappa shape index (κ3) is 3.81. The first-order chi connectivity index (χ1) is 6.51. The molecule has 0 bridgehead atoms. The average molecular weight is 207 g/mol. The highest BCUT2D eigenvalue weighted by Gasteiger charge is 2.27. The summed E-state index contributed by atoms with van der Waals surface area (Å²) in [7, 11) is 0. The van der Waals surface area contributed by atoms with Gasteiger partial charge in [0.05, 0.1) is 19.5 Å². The molecule has 0 radical (unpaired) electrons. The largest absolute Gasteiger partial charge is 0.392 e. The first kappa shape index (κ1) is 11.1. The summed E-state index contributed by atoms with van der Waals surface area (Å²) in [5.74, 6) is 0. The van der Waals surface area contributed by atoms with E-state index >= 15 is 0 Å². The molecule has 0 spiro atoms. The fraction of sp³-hybridized carbons (Fsp3) is 0.667. The van der Waals surface area contributed by atoms with Gasteiger partial charge in [-0.2, -0.15) is 13.2 Å². The van der Waals surface area contributed by atoms with Crippen LogP contribution in [0.2, 0.25) is 0 Å². The molecule has 1 heterocycles. The smallest absolute Gasteiger partial charge is 0.237 e. The zero-order valence-corrected chi connectivity index (χ0v) is 8.09. The van der Waals surface area contributed by atoms with Crippen molar-refractivity contribution in [1.29, 1.82) is 0 Å². The number of aryl methyl sites for hydroxylation is 2. The van der Waals surface area contributed by atoms with Crippen molar-refractivity contribution in [1.82, 2.24) is 4.57 Å². The summed E-state index contributed by atoms with van der Waals surface area (Å²) in [5, 5.41) is 0. The molecule has 0 aliphatic heterocycles. The summed E-state index contributed by atoms with van der Waals surface area (Å²) in [5.41, 5.74) is 0. The quantitative estimate of drug-likeness (QED) is 0.669. The van der Waals surface area contributed by atoms with E-state index in [2.05, 4.69) is 0 Å². The summed E-state index contributed by atoms with van der Waals surface area (Å²) in [4.78, 5) is 0. The number of aromatic nitrogens is 2. The third-order valence-electron chi connectivity index (χ3n) is 1.88. The molecule has 0 aliphatic rings. The Balaban J connectivity index is 2.44. The van der Waals surface area contributed by atoms with Gasteiger partial charge in [0.25, 0.3) is 0 Å². The summed E-state index contributed by atoms with van der Waals surface area (Å²) in [6.07, 6.45) is 1.30. The minimum atomic E-state index is -4.07. The molecular weight excluding hydrogens is 193 g/mol. The highest BCUT2D eigenvalue weighted by atomic mass is 19.4. The molecule has 1 aromatic heterocycles. The van der Waals surface area contributed by atoms with E-state index in [1.54, 1.807) is 23.3 Å². The number of hydrogen-bond donors (Lipinski definition) is 0. The van der Waals surface area contributed by atoms with Gasteiger partial charge in [-0.05, 0) is 6.42 Å². The van der Waals surface area contributed by atoms with Crippen LogP contribution in [-0.4, -0.2) is 10.7 Å². The van der Waals surface area contributed by atoms with Crippen LogP contribution in [0, 0.1) is 0 Å². The van der Waals surface area contributed by atoms with Gasteiger partial charge < -0.3 is 0 Å². The number of rotatable bonds is 4. The SMILES string of the molecule is CCC[n+]1ccn(CCC(F)(F)F)c1. The lowest BCUT2D eigenvalue weighted by atomic mass is 10.4. The molecule has 2 nitrogen and oxygen atoms in total. The van der Waals surface area contributed by atoms with Crippen molar-refractivity contribution in [3.63, 3.8) is 0 Å². The standard InChI is InChI=1S/C9H14F3N2/c1-2-4-13-6-7-14(8-13)5-3-9(10,11)12/h6-8H,2-5H2,1H3/q+1. The van der Waals surface area contributed by atoms with Crippen LogP contribution in [0.15, 0.2) is 18.7 Å². The molecule has 0 saturated heterocycles. The van der Waals surface area contributed by atoms with Crippen molar-refractivity contribution in [3.05, 3.63) is 18.7 Å². The predicted molar refractivity (Wildman–Crippen MR) is 45.6 cm³/mol. The number of imidazole rings is 1. The fourth-order valence-electron chi connectivity index (χ4n) is 1.22. The van der Waals surface area contributed by atoms with E-state index in [1.165, 1.54) is 0 Å². The van der Waals surface area contributed by atoms with E-state index in [4.69, 9.17) is 0 Å². The molecule has 0 atom stereocenters. The summed E-state index contributed by atoms with van der Waals surface area (Å²) < 4.78 is 39.1. The topological polar surface area (TPSA) is 8.81 Å². The molecule has 0 aromatic carbocycles. The molecule has 0 saturated carbocycles. The van der Waals surface area contributed by atoms with E-state index < -0.39 is 12.6 Å². The maximum absolute atomic E-state index is 11.9. The Morgan fingerprint density at radius 2 is 2.07 bits per heavy atom. The van der Waals surface area contributed by atoms with Gasteiger partial charge in [-0.25, -0.2) is 9.13 Å². The van der Waals surface area contributed by atoms with Gasteiger partial charge in [0, 0.05) is 0 Å². The highest BCUT2D eigenvalue weighted by molar-refractivity contribution is 4.67. The normalized spacial score (nSPS) is 12.0. The van der Waals surface area contributed by atoms with Crippen molar-refractivity contribution in [2.75, 3.05) is 0 Å². The Hall–Kier alpha value is -1.00. The van der Waals surface area contributed by atoms with Gasteiger partial charge in [-0.15, -0.1) is 0 Å². The van der Waals surface area contributed by atoms with Gasteiger partial charge in [0.2, 0.25) is 6.33 Å². The fourth-order valence-corrected chi connectivity index (χ4v) is 1.22. The number of nitrogens with zero attached hydrogens (tertiary/aromatic N) is 2. The van der Waals surface area contributed by atoms with Crippen LogP contribution in [0.1, 0.15) is 19.8 Å².